The van der Waals surface area contributed by atoms with Crippen molar-refractivity contribution in [2.24, 2.45) is 7.05 Å². The van der Waals surface area contributed by atoms with E-state index in [1.54, 1.807) is 6.92 Å². The van der Waals surface area contributed by atoms with Crippen LogP contribution < -0.4 is 10.9 Å². The number of nitrogens with one attached hydrogen (secondary N) is 1. The van der Waals surface area contributed by atoms with Crippen LogP contribution in [0.15, 0.2) is 35.4 Å². The molecule has 3 atom stereocenters. The van der Waals surface area contributed by atoms with Crippen molar-refractivity contribution >= 4 is 32.2 Å². The molecule has 1 aromatic carbocycles. The molecule has 176 valence electrons. The summed E-state index contributed by atoms with van der Waals surface area (Å²) < 4.78 is 54.5. The van der Waals surface area contributed by atoms with Crippen LogP contribution in [0.1, 0.15) is 42.5 Å². The van der Waals surface area contributed by atoms with Crippen molar-refractivity contribution < 1.29 is 22.5 Å². The maximum absolute atomic E-state index is 14.6. The smallest absolute Gasteiger partial charge is 0.266 e. The van der Waals surface area contributed by atoms with Crippen LogP contribution in [0.5, 0.6) is 0 Å². The van der Waals surface area contributed by atoms with Crippen LogP contribution in [0.25, 0.3) is 11.0 Å². The molecule has 4 rings (SSSR count). The maximum atomic E-state index is 14.6. The second kappa shape index (κ2) is 8.14. The number of rotatable bonds is 5. The molecule has 0 bridgehead atoms. The minimum absolute atomic E-state index is 0.0239. The number of hydrogen-bond donors (Lipinski definition) is 2. The lowest BCUT2D eigenvalue weighted by Gasteiger charge is -2.23. The average molecular weight is 481 g/mol. The zero-order valence-corrected chi connectivity index (χ0v) is 18.8. The van der Waals surface area contributed by atoms with E-state index in [1.165, 1.54) is 36.1 Å². The van der Waals surface area contributed by atoms with E-state index in [0.29, 0.717) is 5.39 Å². The van der Waals surface area contributed by atoms with Gasteiger partial charge in [-0.2, -0.15) is 0 Å². The third-order valence-electron chi connectivity index (χ3n) is 6.01. The average Bonchev–Trinajstić information content (AvgIpc) is 3.04. The minimum atomic E-state index is -2.95. The fourth-order valence-electron chi connectivity index (χ4n) is 4.22. The number of halogens is 3. The van der Waals surface area contributed by atoms with Gasteiger partial charge in [-0.05, 0) is 34.8 Å². The standard InChI is InChI=1S/C22H23F3N4O3S/c1-12(13-5-4-6-14(17(13)23)18(24)25)28-19-15-9-16(22(31)7-8-33(3,32)10-22)21(30)29(2)20(15)27-11-26-19/h4-6,9,11-12,18,31H,3,7-8,10H2,1-2H3,(H,26,27,28)/t12-,22?,33?/m1/s1. The first-order valence-electron chi connectivity index (χ1n) is 10.2. The van der Waals surface area contributed by atoms with Gasteiger partial charge in [0.1, 0.15) is 29.2 Å². The van der Waals surface area contributed by atoms with Crippen molar-refractivity contribution in [1.29, 1.82) is 0 Å². The molecule has 0 radical (unpaired) electrons. The summed E-state index contributed by atoms with van der Waals surface area (Å²) in [5, 5.41) is 14.5. The molecule has 7 nitrogen and oxygen atoms in total. The Balaban J connectivity index is 1.81. The topological polar surface area (TPSA) is 97.1 Å². The zero-order chi connectivity index (χ0) is 24.1. The third-order valence-corrected chi connectivity index (χ3v) is 7.96. The van der Waals surface area contributed by atoms with E-state index >= 15 is 0 Å². The second-order valence-corrected chi connectivity index (χ2v) is 11.0. The molecule has 2 unspecified atom stereocenters. The predicted molar refractivity (Wildman–Crippen MR) is 122 cm³/mol. The van der Waals surface area contributed by atoms with Crippen molar-refractivity contribution in [1.82, 2.24) is 14.5 Å². The Kier molecular flexibility index (Phi) is 5.73. The van der Waals surface area contributed by atoms with E-state index in [2.05, 4.69) is 21.2 Å². The number of fused-ring (bicyclic) bond motifs is 1. The first kappa shape index (κ1) is 23.2. The Labute approximate surface area is 188 Å². The van der Waals surface area contributed by atoms with Gasteiger partial charge in [0.2, 0.25) is 0 Å². The van der Waals surface area contributed by atoms with E-state index in [1.807, 2.05) is 0 Å². The van der Waals surface area contributed by atoms with Gasteiger partial charge in [0, 0.05) is 24.1 Å². The number of nitrogens with zero attached hydrogens (tertiary/aromatic N) is 3. The molecular weight excluding hydrogens is 457 g/mol. The van der Waals surface area contributed by atoms with Crippen LogP contribution in [0, 0.1) is 5.82 Å². The monoisotopic (exact) mass is 480 g/mol. The number of hydrogen-bond acceptors (Lipinski definition) is 6. The van der Waals surface area contributed by atoms with Gasteiger partial charge in [-0.15, -0.1) is 0 Å². The summed E-state index contributed by atoms with van der Waals surface area (Å²) in [5.74, 6) is 2.92. The van der Waals surface area contributed by atoms with Crippen LogP contribution in [0.2, 0.25) is 0 Å². The number of alkyl halides is 2. The molecule has 1 aliphatic rings. The molecule has 1 fully saturated rings. The van der Waals surface area contributed by atoms with Gasteiger partial charge in [-0.25, -0.2) is 23.1 Å². The molecule has 33 heavy (non-hydrogen) atoms. The fraction of sp³-hybridized carbons (Fsp3) is 0.364. The second-order valence-electron chi connectivity index (χ2n) is 8.39. The summed E-state index contributed by atoms with van der Waals surface area (Å²) in [4.78, 5) is 21.3. The van der Waals surface area contributed by atoms with Crippen molar-refractivity contribution in [2.75, 3.05) is 16.8 Å². The summed E-state index contributed by atoms with van der Waals surface area (Å²) in [5.41, 5.74) is -2.47. The van der Waals surface area contributed by atoms with Crippen molar-refractivity contribution in [3.8, 4) is 0 Å². The lowest BCUT2D eigenvalue weighted by Crippen LogP contribution is -2.36. The van der Waals surface area contributed by atoms with E-state index in [4.69, 9.17) is 0 Å². The first-order chi connectivity index (χ1) is 15.4. The Morgan fingerprint density at radius 2 is 2.00 bits per heavy atom. The van der Waals surface area contributed by atoms with Gasteiger partial charge < -0.3 is 10.4 Å². The SMILES string of the molecule is C=S1(=O)CCC(O)(c2cc3c(N[C@H](C)c4cccc(C(F)F)c4F)ncnc3n(C)c2=O)C1. The Hall–Kier alpha value is -2.92. The number of aliphatic hydroxyl groups is 1. The summed E-state index contributed by atoms with van der Waals surface area (Å²) in [6.45, 7) is 1.59. The number of benzene rings is 1. The van der Waals surface area contributed by atoms with Crippen LogP contribution >= 0.6 is 0 Å². The maximum Gasteiger partial charge on any atom is 0.266 e. The molecule has 0 saturated carbocycles. The van der Waals surface area contributed by atoms with Crippen molar-refractivity contribution in [3.63, 3.8) is 0 Å². The molecule has 1 saturated heterocycles. The predicted octanol–water partition coefficient (Wildman–Crippen LogP) is 2.89. The highest BCUT2D eigenvalue weighted by atomic mass is 32.2. The molecule has 2 N–H and O–H groups in total. The molecule has 2 aromatic heterocycles. The van der Waals surface area contributed by atoms with Gasteiger partial charge in [0.05, 0.1) is 22.6 Å². The first-order valence-corrected chi connectivity index (χ1v) is 12.2. The molecule has 3 aromatic rings. The van der Waals surface area contributed by atoms with Crippen LogP contribution in [0.4, 0.5) is 19.0 Å². The van der Waals surface area contributed by atoms with Gasteiger partial charge in [-0.1, -0.05) is 18.2 Å². The molecule has 0 spiro atoms. The van der Waals surface area contributed by atoms with Crippen LogP contribution in [0.3, 0.4) is 0 Å². The van der Waals surface area contributed by atoms with Crippen molar-refractivity contribution in [3.05, 3.63) is 63.5 Å². The summed E-state index contributed by atoms with van der Waals surface area (Å²) >= 11 is 0. The van der Waals surface area contributed by atoms with Gasteiger partial charge in [-0.3, -0.25) is 13.6 Å². The van der Waals surface area contributed by atoms with Crippen LogP contribution in [-0.4, -0.2) is 41.2 Å². The highest BCUT2D eigenvalue weighted by Gasteiger charge is 2.41. The van der Waals surface area contributed by atoms with Crippen molar-refractivity contribution in [2.45, 2.75) is 31.4 Å². The van der Waals surface area contributed by atoms with Gasteiger partial charge >= 0.3 is 0 Å². The molecular formula is C22H23F3N4O3S. The lowest BCUT2D eigenvalue weighted by molar-refractivity contribution is 0.0638. The molecule has 1 aliphatic heterocycles. The third kappa shape index (κ3) is 4.10. The number of aromatic nitrogens is 3. The van der Waals surface area contributed by atoms with E-state index in [0.717, 1.165) is 6.07 Å². The Bertz CT molecular complexity index is 1410. The number of anilines is 1. The molecule has 0 aliphatic carbocycles. The highest BCUT2D eigenvalue weighted by molar-refractivity contribution is 8.00. The molecule has 0 amide bonds. The van der Waals surface area contributed by atoms with Gasteiger partial charge in [0.15, 0.2) is 0 Å². The minimum Gasteiger partial charge on any atom is -0.384 e. The highest BCUT2D eigenvalue weighted by Crippen LogP contribution is 2.34. The zero-order valence-electron chi connectivity index (χ0n) is 18.0. The van der Waals surface area contributed by atoms with E-state index in [-0.39, 0.29) is 40.5 Å². The van der Waals surface area contributed by atoms with Gasteiger partial charge in [0.25, 0.3) is 12.0 Å². The van der Waals surface area contributed by atoms with Crippen LogP contribution in [-0.2, 0) is 22.2 Å². The Morgan fingerprint density at radius 1 is 1.30 bits per heavy atom. The normalized spacial score (nSPS) is 23.8. The summed E-state index contributed by atoms with van der Waals surface area (Å²) in [6.07, 6.45) is -1.62. The largest absolute Gasteiger partial charge is 0.384 e. The van der Waals surface area contributed by atoms with E-state index in [9.17, 15) is 27.3 Å². The lowest BCUT2D eigenvalue weighted by atomic mass is 9.93. The summed E-state index contributed by atoms with van der Waals surface area (Å²) in [7, 11) is -1.03. The molecule has 11 heteroatoms. The molecule has 3 heterocycles. The van der Waals surface area contributed by atoms with E-state index < -0.39 is 44.5 Å². The Morgan fingerprint density at radius 3 is 2.64 bits per heavy atom. The fourth-order valence-corrected chi connectivity index (χ4v) is 6.24. The quantitative estimate of drug-likeness (QED) is 0.545. The number of pyridine rings is 1. The number of aryl methyl sites for hydroxylation is 1. The summed E-state index contributed by atoms with van der Waals surface area (Å²) in [6, 6.07) is 4.47.